The van der Waals surface area contributed by atoms with Crippen molar-refractivity contribution in [2.45, 2.75) is 0 Å². The molecular formula is C4H6FO. The maximum atomic E-state index is 11.0. The van der Waals surface area contributed by atoms with E-state index < -0.39 is 6.67 Å². The van der Waals surface area contributed by atoms with Gasteiger partial charge in [0, 0.05) is 0 Å². The van der Waals surface area contributed by atoms with E-state index in [0.29, 0.717) is 0 Å². The topological polar surface area (TPSA) is 19.9 Å². The molecule has 0 bridgehead atoms. The molecule has 6 heavy (non-hydrogen) atoms. The first-order chi connectivity index (χ1) is 2.91. The third kappa shape index (κ3) is 3.63. The predicted octanol–water partition coefficient (Wildman–Crippen LogP) is 0.943. The van der Waals surface area contributed by atoms with Crippen molar-refractivity contribution in [2.24, 2.45) is 0 Å². The molecule has 0 atom stereocenters. The maximum absolute atomic E-state index is 11.0. The standard InChI is InChI=1S/C4H6FO/c5-3-1-2-4-6/h1-2H,3-4H2. The number of halogens is 1. The number of rotatable bonds is 2. The van der Waals surface area contributed by atoms with E-state index in [2.05, 4.69) is 0 Å². The van der Waals surface area contributed by atoms with Crippen molar-refractivity contribution in [3.8, 4) is 0 Å². The molecule has 35 valence electrons. The Hall–Kier alpha value is -0.370. The second-order valence-electron chi connectivity index (χ2n) is 0.792. The van der Waals surface area contributed by atoms with Gasteiger partial charge < -0.3 is 0 Å². The zero-order chi connectivity index (χ0) is 4.83. The van der Waals surface area contributed by atoms with E-state index in [1.54, 1.807) is 0 Å². The number of allylic oxidation sites excluding steroid dienone is 1. The molecular weight excluding hydrogens is 83.0 g/mol. The smallest absolute Gasteiger partial charge is 0.108 e. The fourth-order valence-electron chi connectivity index (χ4n) is 0.131. The summed E-state index contributed by atoms with van der Waals surface area (Å²) >= 11 is 0. The third-order valence-electron chi connectivity index (χ3n) is 0.352. The zero-order valence-corrected chi connectivity index (χ0v) is 3.36. The first kappa shape index (κ1) is 5.63. The summed E-state index contributed by atoms with van der Waals surface area (Å²) in [7, 11) is 0. The van der Waals surface area contributed by atoms with Gasteiger partial charge in [-0.25, -0.2) is 9.50 Å². The van der Waals surface area contributed by atoms with Crippen LogP contribution in [0.15, 0.2) is 12.2 Å². The minimum absolute atomic E-state index is 0.316. The highest BCUT2D eigenvalue weighted by atomic mass is 19.1. The van der Waals surface area contributed by atoms with Crippen LogP contribution in [0.25, 0.3) is 0 Å². The van der Waals surface area contributed by atoms with Crippen LogP contribution in [0, 0.1) is 0 Å². The predicted molar refractivity (Wildman–Crippen MR) is 20.7 cm³/mol. The highest BCUT2D eigenvalue weighted by Gasteiger charge is 1.65. The van der Waals surface area contributed by atoms with Crippen LogP contribution in [-0.2, 0) is 5.11 Å². The lowest BCUT2D eigenvalue weighted by atomic mass is 10.5. The molecule has 0 aliphatic heterocycles. The second-order valence-corrected chi connectivity index (χ2v) is 0.792. The van der Waals surface area contributed by atoms with Crippen molar-refractivity contribution in [3.63, 3.8) is 0 Å². The van der Waals surface area contributed by atoms with Gasteiger partial charge in [0.25, 0.3) is 0 Å². The van der Waals surface area contributed by atoms with Crippen LogP contribution in [0.2, 0.25) is 0 Å². The summed E-state index contributed by atoms with van der Waals surface area (Å²) in [4.78, 5) is 0. The van der Waals surface area contributed by atoms with Gasteiger partial charge in [-0.2, -0.15) is 0 Å². The lowest BCUT2D eigenvalue weighted by Crippen LogP contribution is -1.67. The number of alkyl halides is 1. The quantitative estimate of drug-likeness (QED) is 0.449. The third-order valence-corrected chi connectivity index (χ3v) is 0.352. The highest BCUT2D eigenvalue weighted by Crippen LogP contribution is 1.69. The van der Waals surface area contributed by atoms with Crippen LogP contribution in [0.3, 0.4) is 0 Å². The van der Waals surface area contributed by atoms with Crippen LogP contribution in [0.1, 0.15) is 0 Å². The Morgan fingerprint density at radius 2 is 2.17 bits per heavy atom. The van der Waals surface area contributed by atoms with E-state index >= 15 is 0 Å². The Balaban J connectivity index is 2.73. The van der Waals surface area contributed by atoms with Crippen LogP contribution < -0.4 is 0 Å². The van der Waals surface area contributed by atoms with Gasteiger partial charge in [0.2, 0.25) is 0 Å². The molecule has 1 nitrogen and oxygen atoms in total. The summed E-state index contributed by atoms with van der Waals surface area (Å²) < 4.78 is 11.0. The minimum Gasteiger partial charge on any atom is -0.247 e. The number of hydrogen-bond donors (Lipinski definition) is 0. The van der Waals surface area contributed by atoms with E-state index in [0.717, 1.165) is 0 Å². The first-order valence-electron chi connectivity index (χ1n) is 1.71. The molecule has 0 fully saturated rings. The van der Waals surface area contributed by atoms with Crippen LogP contribution in [0.5, 0.6) is 0 Å². The largest absolute Gasteiger partial charge is 0.247 e. The van der Waals surface area contributed by atoms with Crippen molar-refractivity contribution < 1.29 is 9.50 Å². The first-order valence-corrected chi connectivity index (χ1v) is 1.71. The van der Waals surface area contributed by atoms with Crippen LogP contribution in [-0.4, -0.2) is 13.3 Å². The van der Waals surface area contributed by atoms with Crippen LogP contribution in [0.4, 0.5) is 4.39 Å². The summed E-state index contributed by atoms with van der Waals surface area (Å²) in [5.74, 6) is 0. The summed E-state index contributed by atoms with van der Waals surface area (Å²) in [5, 5.41) is 9.44. The summed E-state index contributed by atoms with van der Waals surface area (Å²) in [6.45, 7) is -0.841. The van der Waals surface area contributed by atoms with Gasteiger partial charge in [-0.05, 0) is 0 Å². The fraction of sp³-hybridized carbons (Fsp3) is 0.500. The molecule has 0 amide bonds. The Morgan fingerprint density at radius 3 is 2.33 bits per heavy atom. The molecule has 0 heterocycles. The molecule has 0 spiro atoms. The van der Waals surface area contributed by atoms with Gasteiger partial charge in [0.05, 0.1) is 0 Å². The van der Waals surface area contributed by atoms with Crippen molar-refractivity contribution in [1.82, 2.24) is 0 Å². The monoisotopic (exact) mass is 89.0 g/mol. The molecule has 0 rings (SSSR count). The average molecular weight is 89.1 g/mol. The van der Waals surface area contributed by atoms with E-state index in [4.69, 9.17) is 0 Å². The second kappa shape index (κ2) is 4.63. The fourth-order valence-corrected chi connectivity index (χ4v) is 0.131. The van der Waals surface area contributed by atoms with Crippen molar-refractivity contribution in [2.75, 3.05) is 13.3 Å². The molecule has 0 saturated carbocycles. The highest BCUT2D eigenvalue weighted by molar-refractivity contribution is 4.79. The minimum atomic E-state index is -0.526. The van der Waals surface area contributed by atoms with Gasteiger partial charge >= 0.3 is 0 Å². The molecule has 0 unspecified atom stereocenters. The lowest BCUT2D eigenvalue weighted by molar-refractivity contribution is 0.232. The van der Waals surface area contributed by atoms with Crippen molar-refractivity contribution in [3.05, 3.63) is 12.2 Å². The molecule has 0 aliphatic carbocycles. The van der Waals surface area contributed by atoms with Crippen molar-refractivity contribution >= 4 is 0 Å². The Bertz CT molecular complexity index is 36.8. The lowest BCUT2D eigenvalue weighted by Gasteiger charge is -1.68. The summed E-state index contributed by atoms with van der Waals surface area (Å²) in [6.07, 6.45) is 2.45. The average Bonchev–Trinajstić information content (AvgIpc) is 1.61. The maximum Gasteiger partial charge on any atom is 0.108 e. The van der Waals surface area contributed by atoms with Gasteiger partial charge in [0.1, 0.15) is 13.3 Å². The molecule has 0 aromatic rings. The van der Waals surface area contributed by atoms with E-state index in [9.17, 15) is 9.50 Å². The normalized spacial score (nSPS) is 10.3. The number of hydrogen-bond acceptors (Lipinski definition) is 0. The SMILES string of the molecule is [O]CC=CCF. The summed E-state index contributed by atoms with van der Waals surface area (Å²) in [5.41, 5.74) is 0. The molecule has 0 aromatic carbocycles. The molecule has 0 aromatic heterocycles. The molecule has 2 heteroatoms. The van der Waals surface area contributed by atoms with E-state index in [1.807, 2.05) is 0 Å². The van der Waals surface area contributed by atoms with Gasteiger partial charge in [-0.1, -0.05) is 12.2 Å². The van der Waals surface area contributed by atoms with E-state index in [1.165, 1.54) is 12.2 Å². The summed E-state index contributed by atoms with van der Waals surface area (Å²) in [6, 6.07) is 0. The molecule has 1 radical (unpaired) electrons. The Morgan fingerprint density at radius 1 is 1.50 bits per heavy atom. The van der Waals surface area contributed by atoms with Gasteiger partial charge in [-0.15, -0.1) is 0 Å². The van der Waals surface area contributed by atoms with E-state index in [-0.39, 0.29) is 6.61 Å². The molecule has 0 aliphatic rings. The van der Waals surface area contributed by atoms with Gasteiger partial charge in [-0.3, -0.25) is 0 Å². The molecule has 0 N–H and O–H groups in total. The zero-order valence-electron chi connectivity index (χ0n) is 3.36. The Labute approximate surface area is 36.1 Å². The van der Waals surface area contributed by atoms with Crippen LogP contribution >= 0.6 is 0 Å². The van der Waals surface area contributed by atoms with Gasteiger partial charge in [0.15, 0.2) is 0 Å². The van der Waals surface area contributed by atoms with Crippen molar-refractivity contribution in [1.29, 1.82) is 0 Å². The molecule has 0 saturated heterocycles. The Kier molecular flexibility index (Phi) is 4.34.